The van der Waals surface area contributed by atoms with Gasteiger partial charge in [-0.15, -0.1) is 12.4 Å². The number of anilines is 1. The summed E-state index contributed by atoms with van der Waals surface area (Å²) >= 11 is 0. The van der Waals surface area contributed by atoms with E-state index in [1.54, 1.807) is 11.7 Å². The van der Waals surface area contributed by atoms with Gasteiger partial charge in [0.2, 0.25) is 11.9 Å². The summed E-state index contributed by atoms with van der Waals surface area (Å²) in [4.78, 5) is 28.6. The standard InChI is InChI=1S/C19H33N7O2.ClH/c1-26-18(24-17(25-26)14-9-12-20-13-10-14)23-16(27)8-5-11-21-19(28)22-15-6-3-2-4-7-15;/h14-15,20H,2-13H2,1H3,(H2,21,22,28)(H,23,24,25,27);1H. The number of hydrogen-bond donors (Lipinski definition) is 4. The number of aryl methyl sites for hydroxylation is 1. The molecule has 1 aromatic heterocycles. The molecule has 0 bridgehead atoms. The lowest BCUT2D eigenvalue weighted by atomic mass is 9.96. The fraction of sp³-hybridized carbons (Fsp3) is 0.789. The van der Waals surface area contributed by atoms with Crippen molar-refractivity contribution in [2.24, 2.45) is 7.05 Å². The van der Waals surface area contributed by atoms with E-state index < -0.39 is 0 Å². The normalized spacial score (nSPS) is 18.0. The van der Waals surface area contributed by atoms with E-state index in [-0.39, 0.29) is 24.3 Å². The van der Waals surface area contributed by atoms with E-state index >= 15 is 0 Å². The first-order valence-corrected chi connectivity index (χ1v) is 10.6. The molecule has 3 amide bonds. The number of rotatable bonds is 7. The Balaban J connectivity index is 0.00000300. The lowest BCUT2D eigenvalue weighted by Gasteiger charge is -2.22. The van der Waals surface area contributed by atoms with Gasteiger partial charge in [-0.3, -0.25) is 10.1 Å². The van der Waals surface area contributed by atoms with E-state index in [0.717, 1.165) is 44.6 Å². The van der Waals surface area contributed by atoms with E-state index in [4.69, 9.17) is 0 Å². The molecule has 0 radical (unpaired) electrons. The van der Waals surface area contributed by atoms with Gasteiger partial charge in [-0.2, -0.15) is 10.1 Å². The number of carbonyl (C=O) groups is 2. The summed E-state index contributed by atoms with van der Waals surface area (Å²) in [6, 6.07) is 0.161. The van der Waals surface area contributed by atoms with Crippen molar-refractivity contribution in [3.05, 3.63) is 5.82 Å². The maximum atomic E-state index is 12.2. The summed E-state index contributed by atoms with van der Waals surface area (Å²) < 4.78 is 1.63. The zero-order chi connectivity index (χ0) is 19.8. The Morgan fingerprint density at radius 2 is 1.86 bits per heavy atom. The van der Waals surface area contributed by atoms with Crippen LogP contribution in [0.2, 0.25) is 0 Å². The Labute approximate surface area is 178 Å². The third-order valence-electron chi connectivity index (χ3n) is 5.54. The molecular weight excluding hydrogens is 394 g/mol. The zero-order valence-electron chi connectivity index (χ0n) is 17.2. The van der Waals surface area contributed by atoms with Crippen molar-refractivity contribution in [3.8, 4) is 0 Å². The molecular formula is C19H34ClN7O2. The maximum absolute atomic E-state index is 12.2. The van der Waals surface area contributed by atoms with Crippen LogP contribution in [0, 0.1) is 0 Å². The Hall–Kier alpha value is -1.87. The molecule has 2 aliphatic rings. The summed E-state index contributed by atoms with van der Waals surface area (Å²) in [5.74, 6) is 1.54. The monoisotopic (exact) mass is 427 g/mol. The van der Waals surface area contributed by atoms with Crippen molar-refractivity contribution in [3.63, 3.8) is 0 Å². The fourth-order valence-corrected chi connectivity index (χ4v) is 3.89. The van der Waals surface area contributed by atoms with Gasteiger partial charge >= 0.3 is 6.03 Å². The van der Waals surface area contributed by atoms with Crippen LogP contribution in [0.4, 0.5) is 10.7 Å². The minimum absolute atomic E-state index is 0. The summed E-state index contributed by atoms with van der Waals surface area (Å²) in [6.45, 7) is 2.43. The lowest BCUT2D eigenvalue weighted by molar-refractivity contribution is -0.116. The highest BCUT2D eigenvalue weighted by atomic mass is 35.5. The number of nitrogens with zero attached hydrogens (tertiary/aromatic N) is 3. The Morgan fingerprint density at radius 1 is 1.14 bits per heavy atom. The van der Waals surface area contributed by atoms with Crippen LogP contribution in [0.1, 0.15) is 69.5 Å². The molecule has 0 unspecified atom stereocenters. The molecule has 0 atom stereocenters. The van der Waals surface area contributed by atoms with Crippen LogP contribution in [0.25, 0.3) is 0 Å². The van der Waals surface area contributed by atoms with Gasteiger partial charge in [0, 0.05) is 32.0 Å². The van der Waals surface area contributed by atoms with Crippen molar-refractivity contribution >= 4 is 30.3 Å². The van der Waals surface area contributed by atoms with Crippen molar-refractivity contribution < 1.29 is 9.59 Å². The number of hydrogen-bond acceptors (Lipinski definition) is 5. The van der Waals surface area contributed by atoms with E-state index in [9.17, 15) is 9.59 Å². The zero-order valence-corrected chi connectivity index (χ0v) is 18.0. The van der Waals surface area contributed by atoms with Crippen LogP contribution in [0.5, 0.6) is 0 Å². The minimum Gasteiger partial charge on any atom is -0.338 e. The smallest absolute Gasteiger partial charge is 0.315 e. The quantitative estimate of drug-likeness (QED) is 0.497. The van der Waals surface area contributed by atoms with E-state index in [1.165, 1.54) is 19.3 Å². The number of urea groups is 1. The second kappa shape index (κ2) is 12.0. The number of halogens is 1. The Kier molecular flexibility index (Phi) is 9.66. The molecule has 1 aliphatic heterocycles. The van der Waals surface area contributed by atoms with E-state index in [0.29, 0.717) is 37.3 Å². The highest BCUT2D eigenvalue weighted by molar-refractivity contribution is 5.89. The van der Waals surface area contributed by atoms with Gasteiger partial charge in [0.25, 0.3) is 0 Å². The van der Waals surface area contributed by atoms with Gasteiger partial charge in [-0.25, -0.2) is 9.48 Å². The molecule has 1 saturated carbocycles. The SMILES string of the molecule is Cl.Cn1nc(C2CCNCC2)nc1NC(=O)CCCNC(=O)NC1CCCCC1. The second-order valence-electron chi connectivity index (χ2n) is 7.83. The Bertz CT molecular complexity index is 655. The number of aromatic nitrogens is 3. The van der Waals surface area contributed by atoms with Crippen molar-refractivity contribution in [1.82, 2.24) is 30.7 Å². The van der Waals surface area contributed by atoms with E-state index in [2.05, 4.69) is 31.3 Å². The number of carbonyl (C=O) groups excluding carboxylic acids is 2. The molecule has 9 nitrogen and oxygen atoms in total. The average molecular weight is 428 g/mol. The summed E-state index contributed by atoms with van der Waals surface area (Å²) in [5.41, 5.74) is 0. The first-order valence-electron chi connectivity index (χ1n) is 10.6. The molecule has 2 heterocycles. The fourth-order valence-electron chi connectivity index (χ4n) is 3.89. The second-order valence-corrected chi connectivity index (χ2v) is 7.83. The highest BCUT2D eigenvalue weighted by Gasteiger charge is 2.21. The molecule has 1 aromatic rings. The van der Waals surface area contributed by atoms with E-state index in [1.807, 2.05) is 0 Å². The van der Waals surface area contributed by atoms with Crippen LogP contribution in [0.15, 0.2) is 0 Å². The van der Waals surface area contributed by atoms with Crippen molar-refractivity contribution in [1.29, 1.82) is 0 Å². The minimum atomic E-state index is -0.132. The van der Waals surface area contributed by atoms with Crippen LogP contribution >= 0.6 is 12.4 Å². The van der Waals surface area contributed by atoms with Crippen molar-refractivity contribution in [2.45, 2.75) is 69.7 Å². The summed E-state index contributed by atoms with van der Waals surface area (Å²) in [6.07, 6.45) is 8.72. The molecule has 10 heteroatoms. The molecule has 29 heavy (non-hydrogen) atoms. The van der Waals surface area contributed by atoms with Gasteiger partial charge < -0.3 is 16.0 Å². The van der Waals surface area contributed by atoms with Crippen LogP contribution in [-0.2, 0) is 11.8 Å². The molecule has 1 saturated heterocycles. The van der Waals surface area contributed by atoms with Gasteiger partial charge in [0.05, 0.1) is 0 Å². The van der Waals surface area contributed by atoms with Crippen molar-refractivity contribution in [2.75, 3.05) is 25.0 Å². The third-order valence-corrected chi connectivity index (χ3v) is 5.54. The third kappa shape index (κ3) is 7.47. The molecule has 164 valence electrons. The molecule has 2 fully saturated rings. The Morgan fingerprint density at radius 3 is 2.59 bits per heavy atom. The topological polar surface area (TPSA) is 113 Å². The largest absolute Gasteiger partial charge is 0.338 e. The van der Waals surface area contributed by atoms with Gasteiger partial charge in [0.1, 0.15) is 0 Å². The first kappa shape index (κ1) is 23.4. The number of amides is 3. The molecule has 3 rings (SSSR count). The highest BCUT2D eigenvalue weighted by Crippen LogP contribution is 2.23. The molecule has 1 aliphatic carbocycles. The first-order chi connectivity index (χ1) is 13.6. The van der Waals surface area contributed by atoms with Gasteiger partial charge in [-0.1, -0.05) is 19.3 Å². The number of nitrogens with one attached hydrogen (secondary N) is 4. The lowest BCUT2D eigenvalue weighted by Crippen LogP contribution is -2.43. The summed E-state index contributed by atoms with van der Waals surface area (Å²) in [5, 5.41) is 16.5. The maximum Gasteiger partial charge on any atom is 0.315 e. The molecule has 4 N–H and O–H groups in total. The van der Waals surface area contributed by atoms with Crippen LogP contribution in [-0.4, -0.2) is 52.4 Å². The molecule has 0 aromatic carbocycles. The molecule has 0 spiro atoms. The van der Waals surface area contributed by atoms with Crippen LogP contribution in [0.3, 0.4) is 0 Å². The average Bonchev–Trinajstić information content (AvgIpc) is 3.07. The predicted octanol–water partition coefficient (Wildman–Crippen LogP) is 2.05. The van der Waals surface area contributed by atoms with Gasteiger partial charge in [-0.05, 0) is 45.2 Å². The van der Waals surface area contributed by atoms with Gasteiger partial charge in [0.15, 0.2) is 5.82 Å². The predicted molar refractivity (Wildman–Crippen MR) is 114 cm³/mol. The van der Waals surface area contributed by atoms with Crippen LogP contribution < -0.4 is 21.3 Å². The number of piperidine rings is 1. The summed E-state index contributed by atoms with van der Waals surface area (Å²) in [7, 11) is 1.80.